The van der Waals surface area contributed by atoms with Crippen molar-refractivity contribution in [3.63, 3.8) is 0 Å². The molecule has 3 aromatic carbocycles. The molecule has 1 saturated heterocycles. The van der Waals surface area contributed by atoms with E-state index < -0.39 is 10.0 Å². The number of nitrogens with zero attached hydrogens (tertiary/aromatic N) is 2. The molecule has 0 amide bonds. The Morgan fingerprint density at radius 1 is 0.944 bits per heavy atom. The van der Waals surface area contributed by atoms with Crippen LogP contribution in [0.2, 0.25) is 5.02 Å². The van der Waals surface area contributed by atoms with Gasteiger partial charge >= 0.3 is 0 Å². The average molecular weight is 542 g/mol. The van der Waals surface area contributed by atoms with E-state index in [1.807, 2.05) is 25.1 Å². The smallest absolute Gasteiger partial charge is 0.271 e. The number of ether oxygens (including phenoxy) is 1. The Bertz CT molecular complexity index is 1450. The molecule has 4 aromatic rings. The van der Waals surface area contributed by atoms with Crippen LogP contribution in [0.4, 0.5) is 5.69 Å². The molecule has 0 atom stereocenters. The molecule has 0 aliphatic carbocycles. The summed E-state index contributed by atoms with van der Waals surface area (Å²) in [6.07, 6.45) is 0. The lowest BCUT2D eigenvalue weighted by molar-refractivity contribution is 0.0635. The summed E-state index contributed by atoms with van der Waals surface area (Å²) in [4.78, 5) is 4.72. The summed E-state index contributed by atoms with van der Waals surface area (Å²) < 4.78 is 36.2. The topological polar surface area (TPSA) is 61.9 Å². The summed E-state index contributed by atoms with van der Waals surface area (Å²) in [5, 5.41) is 1.44. The summed E-state index contributed by atoms with van der Waals surface area (Å²) >= 11 is 7.35. The van der Waals surface area contributed by atoms with E-state index >= 15 is 0 Å². The molecule has 2 heterocycles. The van der Waals surface area contributed by atoms with E-state index in [-0.39, 0.29) is 0 Å². The fourth-order valence-electron chi connectivity index (χ4n) is 4.36. The van der Waals surface area contributed by atoms with Crippen LogP contribution in [0.25, 0.3) is 10.1 Å². The maximum absolute atomic E-state index is 13.2. The zero-order chi connectivity index (χ0) is 25.1. The molecule has 1 fully saturated rings. The van der Waals surface area contributed by atoms with E-state index in [0.717, 1.165) is 42.8 Å². The molecule has 0 unspecified atom stereocenters. The first kappa shape index (κ1) is 25.0. The van der Waals surface area contributed by atoms with Gasteiger partial charge in [0.2, 0.25) is 0 Å². The third kappa shape index (κ3) is 5.85. The monoisotopic (exact) mass is 541 g/mol. The van der Waals surface area contributed by atoms with Gasteiger partial charge < -0.3 is 4.74 Å². The van der Waals surface area contributed by atoms with Gasteiger partial charge in [-0.3, -0.25) is 14.5 Å². The van der Waals surface area contributed by atoms with Crippen molar-refractivity contribution >= 4 is 48.7 Å². The molecular weight excluding hydrogens is 514 g/mol. The van der Waals surface area contributed by atoms with Crippen molar-refractivity contribution in [2.75, 3.05) is 37.6 Å². The van der Waals surface area contributed by atoms with Crippen LogP contribution in [0.3, 0.4) is 0 Å². The highest BCUT2D eigenvalue weighted by molar-refractivity contribution is 7.94. The zero-order valence-corrected chi connectivity index (χ0v) is 22.4. The average Bonchev–Trinajstić information content (AvgIpc) is 3.21. The second kappa shape index (κ2) is 10.8. The van der Waals surface area contributed by atoms with Gasteiger partial charge in [-0.15, -0.1) is 11.3 Å². The molecular formula is C27H28ClN3O3S2. The number of rotatable bonds is 8. The van der Waals surface area contributed by atoms with Gasteiger partial charge in [-0.1, -0.05) is 48.0 Å². The highest BCUT2D eigenvalue weighted by Gasteiger charge is 2.22. The van der Waals surface area contributed by atoms with Crippen LogP contribution in [-0.2, 0) is 16.6 Å². The van der Waals surface area contributed by atoms with E-state index in [1.165, 1.54) is 16.9 Å². The SMILES string of the molecule is Cc1c(S(=O)(=O)Nc2cccc(OCN3CCN(Cc4ccccc4)CC3)c2)sc2ccc(Cl)cc12. The quantitative estimate of drug-likeness (QED) is 0.304. The van der Waals surface area contributed by atoms with Crippen LogP contribution in [0.5, 0.6) is 5.75 Å². The van der Waals surface area contributed by atoms with Gasteiger partial charge in [0.05, 0.1) is 5.69 Å². The van der Waals surface area contributed by atoms with Crippen molar-refractivity contribution in [1.82, 2.24) is 9.80 Å². The third-order valence-corrected chi connectivity index (χ3v) is 9.82. The lowest BCUT2D eigenvalue weighted by atomic mass is 10.2. The summed E-state index contributed by atoms with van der Waals surface area (Å²) in [6, 6.07) is 23.0. The predicted octanol–water partition coefficient (Wildman–Crippen LogP) is 5.82. The Morgan fingerprint density at radius 3 is 2.47 bits per heavy atom. The number of piperazine rings is 1. The second-order valence-electron chi connectivity index (χ2n) is 8.94. The summed E-state index contributed by atoms with van der Waals surface area (Å²) in [5.74, 6) is 0.627. The third-order valence-electron chi connectivity index (χ3n) is 6.31. The molecule has 0 radical (unpaired) electrons. The highest BCUT2D eigenvalue weighted by atomic mass is 35.5. The van der Waals surface area contributed by atoms with Gasteiger partial charge in [-0.05, 0) is 53.8 Å². The van der Waals surface area contributed by atoms with Gasteiger partial charge in [0.1, 0.15) is 16.7 Å². The lowest BCUT2D eigenvalue weighted by Gasteiger charge is -2.34. The Labute approximate surface area is 221 Å². The number of anilines is 1. The minimum atomic E-state index is -3.75. The molecule has 0 saturated carbocycles. The first-order valence-corrected chi connectivity index (χ1v) is 14.5. The van der Waals surface area contributed by atoms with Crippen LogP contribution in [-0.4, -0.2) is 51.1 Å². The van der Waals surface area contributed by atoms with E-state index in [1.54, 1.807) is 30.3 Å². The molecule has 0 bridgehead atoms. The van der Waals surface area contributed by atoms with Crippen molar-refractivity contribution < 1.29 is 13.2 Å². The van der Waals surface area contributed by atoms with Crippen LogP contribution in [0, 0.1) is 6.92 Å². The number of thiophene rings is 1. The highest BCUT2D eigenvalue weighted by Crippen LogP contribution is 2.36. The molecule has 1 N–H and O–H groups in total. The van der Waals surface area contributed by atoms with Crippen molar-refractivity contribution in [3.05, 3.63) is 88.9 Å². The summed E-state index contributed by atoms with van der Waals surface area (Å²) in [7, 11) is -3.75. The van der Waals surface area contributed by atoms with E-state index in [2.05, 4.69) is 38.8 Å². The van der Waals surface area contributed by atoms with E-state index in [4.69, 9.17) is 16.3 Å². The zero-order valence-electron chi connectivity index (χ0n) is 20.0. The molecule has 1 aromatic heterocycles. The first-order chi connectivity index (χ1) is 17.4. The number of halogens is 1. The molecule has 5 rings (SSSR count). The van der Waals surface area contributed by atoms with Crippen LogP contribution in [0.15, 0.2) is 77.0 Å². The molecule has 36 heavy (non-hydrogen) atoms. The van der Waals surface area contributed by atoms with Crippen LogP contribution in [0.1, 0.15) is 11.1 Å². The van der Waals surface area contributed by atoms with Gasteiger partial charge in [0, 0.05) is 48.5 Å². The maximum Gasteiger partial charge on any atom is 0.271 e. The Kier molecular flexibility index (Phi) is 7.50. The van der Waals surface area contributed by atoms with Crippen molar-refractivity contribution in [2.45, 2.75) is 17.7 Å². The number of benzene rings is 3. The van der Waals surface area contributed by atoms with Gasteiger partial charge in [-0.2, -0.15) is 0 Å². The fourth-order valence-corrected chi connectivity index (χ4v) is 7.33. The Hall–Kier alpha value is -2.62. The first-order valence-electron chi connectivity index (χ1n) is 11.8. The van der Waals surface area contributed by atoms with Gasteiger partial charge in [-0.25, -0.2) is 8.42 Å². The van der Waals surface area contributed by atoms with Gasteiger partial charge in [0.25, 0.3) is 10.0 Å². The number of fused-ring (bicyclic) bond motifs is 1. The second-order valence-corrected chi connectivity index (χ2v) is 12.3. The molecule has 1 aliphatic heterocycles. The summed E-state index contributed by atoms with van der Waals surface area (Å²) in [6.45, 7) is 7.05. The Balaban J connectivity index is 1.18. The number of hydrogen-bond acceptors (Lipinski definition) is 6. The largest absolute Gasteiger partial charge is 0.478 e. The molecule has 188 valence electrons. The van der Waals surface area contributed by atoms with Crippen molar-refractivity contribution in [1.29, 1.82) is 0 Å². The standard InChI is InChI=1S/C27H28ClN3O3S2/c1-20-25-16-22(28)10-11-26(25)35-27(20)36(32,33)29-23-8-5-9-24(17-23)34-19-31-14-12-30(13-15-31)18-21-6-3-2-4-7-21/h2-11,16-17,29H,12-15,18-19H2,1H3. The van der Waals surface area contributed by atoms with Crippen LogP contribution >= 0.6 is 22.9 Å². The predicted molar refractivity (Wildman–Crippen MR) is 148 cm³/mol. The van der Waals surface area contributed by atoms with Crippen molar-refractivity contribution in [2.24, 2.45) is 0 Å². The summed E-state index contributed by atoms with van der Waals surface area (Å²) in [5.41, 5.74) is 2.50. The molecule has 1 aliphatic rings. The van der Waals surface area contributed by atoms with E-state index in [0.29, 0.717) is 33.0 Å². The van der Waals surface area contributed by atoms with E-state index in [9.17, 15) is 8.42 Å². The Morgan fingerprint density at radius 2 is 1.69 bits per heavy atom. The number of nitrogens with one attached hydrogen (secondary N) is 1. The minimum absolute atomic E-state index is 0.291. The lowest BCUT2D eigenvalue weighted by Crippen LogP contribution is -2.47. The van der Waals surface area contributed by atoms with Crippen molar-refractivity contribution in [3.8, 4) is 5.75 Å². The number of sulfonamides is 1. The molecule has 6 nitrogen and oxygen atoms in total. The molecule has 0 spiro atoms. The number of aryl methyl sites for hydroxylation is 1. The fraction of sp³-hybridized carbons (Fsp3) is 0.259. The minimum Gasteiger partial charge on any atom is -0.478 e. The molecule has 9 heteroatoms. The normalized spacial score (nSPS) is 15.3. The number of hydrogen-bond donors (Lipinski definition) is 1. The van der Waals surface area contributed by atoms with Gasteiger partial charge in [0.15, 0.2) is 0 Å². The maximum atomic E-state index is 13.2. The van der Waals surface area contributed by atoms with Crippen LogP contribution < -0.4 is 9.46 Å².